The lowest BCUT2D eigenvalue weighted by Gasteiger charge is -2.28. The number of hydrogen-bond acceptors (Lipinski definition) is 5. The molecule has 0 spiro atoms. The van der Waals surface area contributed by atoms with E-state index in [1.165, 1.54) is 9.42 Å². The Kier molecular flexibility index (Phi) is 3.77. The number of likely N-dealkylation sites (tertiary alicyclic amines) is 1. The quantitative estimate of drug-likeness (QED) is 0.910. The maximum Gasteiger partial charge on any atom is 0.311 e. The molecule has 0 aromatic carbocycles. The Hall–Kier alpha value is -2.51. The average Bonchev–Trinajstić information content (AvgIpc) is 3.11. The van der Waals surface area contributed by atoms with Gasteiger partial charge in [0.15, 0.2) is 0 Å². The number of aromatic nitrogens is 4. The summed E-state index contributed by atoms with van der Waals surface area (Å²) in [6.45, 7) is 8.05. The van der Waals surface area contributed by atoms with Crippen molar-refractivity contribution < 1.29 is 14.7 Å². The summed E-state index contributed by atoms with van der Waals surface area (Å²) in [7, 11) is 0. The summed E-state index contributed by atoms with van der Waals surface area (Å²) in [6, 6.07) is 1.86. The molecule has 1 aliphatic rings. The average molecular weight is 331 g/mol. The van der Waals surface area contributed by atoms with E-state index >= 15 is 0 Å². The van der Waals surface area contributed by atoms with Gasteiger partial charge in [0.25, 0.3) is 11.7 Å². The summed E-state index contributed by atoms with van der Waals surface area (Å²) in [6.07, 6.45) is 0.440. The van der Waals surface area contributed by atoms with E-state index in [2.05, 4.69) is 15.1 Å². The third-order valence-corrected chi connectivity index (χ3v) is 4.93. The number of amides is 1. The molecule has 8 heteroatoms. The van der Waals surface area contributed by atoms with Gasteiger partial charge in [0.2, 0.25) is 5.82 Å². The number of carboxylic acids is 1. The summed E-state index contributed by atoms with van der Waals surface area (Å²) in [5, 5.41) is 13.8. The standard InChI is InChI=1S/C16H21N5O3/c1-9(2)16(14(23)24)5-6-20(8-16)13(22)12-18-15-17-10(3)7-11(4)21(15)19-12/h7,9H,5-6,8H2,1-4H3,(H,23,24). The first kappa shape index (κ1) is 16.4. The number of rotatable bonds is 3. The highest BCUT2D eigenvalue weighted by molar-refractivity contribution is 5.92. The maximum atomic E-state index is 12.7. The van der Waals surface area contributed by atoms with E-state index in [4.69, 9.17) is 0 Å². The van der Waals surface area contributed by atoms with Gasteiger partial charge in [0, 0.05) is 24.5 Å². The van der Waals surface area contributed by atoms with Gasteiger partial charge in [-0.1, -0.05) is 13.8 Å². The number of nitrogens with zero attached hydrogens (tertiary/aromatic N) is 5. The highest BCUT2D eigenvalue weighted by Gasteiger charge is 2.49. The SMILES string of the molecule is Cc1cc(C)n2nc(C(=O)N3CCC(C(=O)O)(C(C)C)C3)nc2n1. The van der Waals surface area contributed by atoms with Gasteiger partial charge in [0.05, 0.1) is 5.41 Å². The van der Waals surface area contributed by atoms with Crippen LogP contribution in [-0.2, 0) is 4.79 Å². The van der Waals surface area contributed by atoms with Crippen LogP contribution in [0.3, 0.4) is 0 Å². The van der Waals surface area contributed by atoms with E-state index in [9.17, 15) is 14.7 Å². The van der Waals surface area contributed by atoms with Gasteiger partial charge in [-0.15, -0.1) is 5.10 Å². The Morgan fingerprint density at radius 2 is 2.00 bits per heavy atom. The molecule has 8 nitrogen and oxygen atoms in total. The van der Waals surface area contributed by atoms with Crippen molar-refractivity contribution in [2.24, 2.45) is 11.3 Å². The fraction of sp³-hybridized carbons (Fsp3) is 0.562. The topological polar surface area (TPSA) is 101 Å². The fourth-order valence-electron chi connectivity index (χ4n) is 3.30. The van der Waals surface area contributed by atoms with Crippen molar-refractivity contribution in [3.8, 4) is 0 Å². The second-order valence-electron chi connectivity index (χ2n) is 6.78. The lowest BCUT2D eigenvalue weighted by Crippen LogP contribution is -2.40. The molecule has 1 aliphatic heterocycles. The zero-order valence-electron chi connectivity index (χ0n) is 14.3. The molecule has 1 atom stereocenters. The van der Waals surface area contributed by atoms with Crippen LogP contribution in [0.15, 0.2) is 6.07 Å². The molecule has 1 fully saturated rings. The molecule has 128 valence electrons. The van der Waals surface area contributed by atoms with Crippen LogP contribution in [0.5, 0.6) is 0 Å². The molecule has 0 radical (unpaired) electrons. The molecule has 2 aromatic rings. The van der Waals surface area contributed by atoms with E-state index in [1.54, 1.807) is 0 Å². The third-order valence-electron chi connectivity index (χ3n) is 4.93. The molecule has 1 N–H and O–H groups in total. The second kappa shape index (κ2) is 5.54. The normalized spacial score (nSPS) is 21.0. The number of fused-ring (bicyclic) bond motifs is 1. The summed E-state index contributed by atoms with van der Waals surface area (Å²) in [5.41, 5.74) is 0.740. The van der Waals surface area contributed by atoms with E-state index in [-0.39, 0.29) is 24.2 Å². The zero-order chi connectivity index (χ0) is 17.6. The number of carbonyl (C=O) groups excluding carboxylic acids is 1. The van der Waals surface area contributed by atoms with Crippen LogP contribution in [0, 0.1) is 25.2 Å². The van der Waals surface area contributed by atoms with Gasteiger partial charge in [0.1, 0.15) is 0 Å². The Bertz CT molecular complexity index is 828. The summed E-state index contributed by atoms with van der Waals surface area (Å²) in [4.78, 5) is 34.4. The highest BCUT2D eigenvalue weighted by Crippen LogP contribution is 2.38. The minimum absolute atomic E-state index is 0.0566. The van der Waals surface area contributed by atoms with Crippen molar-refractivity contribution in [3.05, 3.63) is 23.3 Å². The first-order valence-electron chi connectivity index (χ1n) is 7.98. The lowest BCUT2D eigenvalue weighted by atomic mass is 9.76. The number of carbonyl (C=O) groups is 2. The Labute approximate surface area is 139 Å². The van der Waals surface area contributed by atoms with Crippen molar-refractivity contribution in [2.75, 3.05) is 13.1 Å². The molecule has 0 aliphatic carbocycles. The molecule has 1 unspecified atom stereocenters. The summed E-state index contributed by atoms with van der Waals surface area (Å²) >= 11 is 0. The molecular weight excluding hydrogens is 310 g/mol. The number of aliphatic carboxylic acids is 1. The second-order valence-corrected chi connectivity index (χ2v) is 6.78. The first-order valence-corrected chi connectivity index (χ1v) is 7.98. The highest BCUT2D eigenvalue weighted by atomic mass is 16.4. The van der Waals surface area contributed by atoms with Crippen LogP contribution < -0.4 is 0 Å². The van der Waals surface area contributed by atoms with E-state index in [1.807, 2.05) is 33.8 Å². The van der Waals surface area contributed by atoms with Gasteiger partial charge in [-0.2, -0.15) is 4.98 Å². The predicted molar refractivity (Wildman–Crippen MR) is 85.7 cm³/mol. The molecule has 1 amide bonds. The molecule has 24 heavy (non-hydrogen) atoms. The van der Waals surface area contributed by atoms with Crippen LogP contribution in [0.2, 0.25) is 0 Å². The van der Waals surface area contributed by atoms with Crippen molar-refractivity contribution in [2.45, 2.75) is 34.1 Å². The molecular formula is C16H21N5O3. The molecule has 0 saturated carbocycles. The van der Waals surface area contributed by atoms with Crippen molar-refractivity contribution >= 4 is 17.7 Å². The Morgan fingerprint density at radius 3 is 2.58 bits per heavy atom. The third kappa shape index (κ3) is 2.42. The van der Waals surface area contributed by atoms with Crippen LogP contribution >= 0.6 is 0 Å². The summed E-state index contributed by atoms with van der Waals surface area (Å²) in [5.74, 6) is -0.830. The van der Waals surface area contributed by atoms with Crippen LogP contribution in [0.1, 0.15) is 42.3 Å². The predicted octanol–water partition coefficient (Wildman–Crippen LogP) is 1.31. The molecule has 1 saturated heterocycles. The number of carboxylic acid groups (broad SMARTS) is 1. The lowest BCUT2D eigenvalue weighted by molar-refractivity contribution is -0.150. The van der Waals surface area contributed by atoms with Gasteiger partial charge in [-0.05, 0) is 32.3 Å². The number of aryl methyl sites for hydroxylation is 2. The largest absolute Gasteiger partial charge is 0.481 e. The molecule has 2 aromatic heterocycles. The van der Waals surface area contributed by atoms with Crippen LogP contribution in [-0.4, -0.2) is 54.6 Å². The van der Waals surface area contributed by atoms with E-state index in [0.717, 1.165) is 11.4 Å². The fourth-order valence-corrected chi connectivity index (χ4v) is 3.30. The van der Waals surface area contributed by atoms with Crippen molar-refractivity contribution in [1.29, 1.82) is 0 Å². The van der Waals surface area contributed by atoms with Gasteiger partial charge >= 0.3 is 5.97 Å². The Morgan fingerprint density at radius 1 is 1.29 bits per heavy atom. The van der Waals surface area contributed by atoms with E-state index in [0.29, 0.717) is 18.7 Å². The van der Waals surface area contributed by atoms with Gasteiger partial charge in [-0.25, -0.2) is 9.50 Å². The minimum Gasteiger partial charge on any atom is -0.481 e. The maximum absolute atomic E-state index is 12.7. The molecule has 0 bridgehead atoms. The monoisotopic (exact) mass is 331 g/mol. The van der Waals surface area contributed by atoms with E-state index < -0.39 is 11.4 Å². The summed E-state index contributed by atoms with van der Waals surface area (Å²) < 4.78 is 1.53. The molecule has 3 rings (SSSR count). The zero-order valence-corrected chi connectivity index (χ0v) is 14.3. The minimum atomic E-state index is -0.903. The van der Waals surface area contributed by atoms with Crippen LogP contribution in [0.4, 0.5) is 0 Å². The molecule has 3 heterocycles. The number of hydrogen-bond donors (Lipinski definition) is 1. The smallest absolute Gasteiger partial charge is 0.311 e. The van der Waals surface area contributed by atoms with Crippen molar-refractivity contribution in [3.63, 3.8) is 0 Å². The Balaban J connectivity index is 1.91. The van der Waals surface area contributed by atoms with Crippen LogP contribution in [0.25, 0.3) is 5.78 Å². The van der Waals surface area contributed by atoms with Crippen molar-refractivity contribution in [1.82, 2.24) is 24.5 Å². The first-order chi connectivity index (χ1) is 11.2. The van der Waals surface area contributed by atoms with Gasteiger partial charge in [-0.3, -0.25) is 9.59 Å². The van der Waals surface area contributed by atoms with Gasteiger partial charge < -0.3 is 10.0 Å².